The predicted molar refractivity (Wildman–Crippen MR) is 108 cm³/mol. The van der Waals surface area contributed by atoms with Crippen LogP contribution in [0.25, 0.3) is 0 Å². The summed E-state index contributed by atoms with van der Waals surface area (Å²) in [6.07, 6.45) is 4.54. The van der Waals surface area contributed by atoms with Gasteiger partial charge in [-0.3, -0.25) is 0 Å². The van der Waals surface area contributed by atoms with Crippen molar-refractivity contribution < 1.29 is 17.9 Å². The van der Waals surface area contributed by atoms with Crippen LogP contribution in [-0.4, -0.2) is 23.1 Å². The topological polar surface area (TPSA) is 38.2 Å². The van der Waals surface area contributed by atoms with Gasteiger partial charge in [-0.15, -0.1) is 0 Å². The summed E-state index contributed by atoms with van der Waals surface area (Å²) in [5.74, 6) is -0.195. The van der Waals surface area contributed by atoms with Gasteiger partial charge in [-0.25, -0.2) is 4.98 Å². The van der Waals surface area contributed by atoms with Gasteiger partial charge in [0.2, 0.25) is 0 Å². The van der Waals surface area contributed by atoms with Crippen molar-refractivity contribution in [2.75, 3.05) is 11.9 Å². The normalized spacial score (nSPS) is 14.9. The van der Waals surface area contributed by atoms with Crippen molar-refractivity contribution in [3.05, 3.63) is 41.6 Å². The standard InChI is InChI=1S/C22H28F3N3O/c1-3-4-5-8-16-11-13-17(14-12-16)28(2)20-19(22(23,24)25)15-26-21(27-20)29-18-9-6-7-10-18/h11-15,18H,3-10H2,1-2H3. The van der Waals surface area contributed by atoms with Crippen molar-refractivity contribution >= 4 is 11.5 Å². The lowest BCUT2D eigenvalue weighted by Gasteiger charge is -2.23. The molecule has 0 aliphatic heterocycles. The zero-order valence-corrected chi connectivity index (χ0v) is 17.0. The highest BCUT2D eigenvalue weighted by Gasteiger charge is 2.37. The molecule has 1 aromatic carbocycles. The van der Waals surface area contributed by atoms with Crippen molar-refractivity contribution in [2.24, 2.45) is 0 Å². The summed E-state index contributed by atoms with van der Waals surface area (Å²) in [7, 11) is 1.59. The molecule has 0 amide bonds. The van der Waals surface area contributed by atoms with E-state index in [2.05, 4.69) is 16.9 Å². The van der Waals surface area contributed by atoms with Crippen molar-refractivity contribution in [2.45, 2.75) is 70.6 Å². The van der Waals surface area contributed by atoms with Crippen LogP contribution < -0.4 is 9.64 Å². The number of aryl methyl sites for hydroxylation is 1. The van der Waals surface area contributed by atoms with E-state index in [1.54, 1.807) is 7.05 Å². The number of unbranched alkanes of at least 4 members (excludes halogenated alkanes) is 2. The van der Waals surface area contributed by atoms with Crippen molar-refractivity contribution in [3.63, 3.8) is 0 Å². The highest BCUT2D eigenvalue weighted by Crippen LogP contribution is 2.38. The highest BCUT2D eigenvalue weighted by atomic mass is 19.4. The molecule has 0 N–H and O–H groups in total. The van der Waals surface area contributed by atoms with Gasteiger partial charge in [-0.1, -0.05) is 31.9 Å². The second-order valence-corrected chi connectivity index (χ2v) is 7.59. The summed E-state index contributed by atoms with van der Waals surface area (Å²) in [6.45, 7) is 2.16. The third-order valence-corrected chi connectivity index (χ3v) is 5.34. The Kier molecular flexibility index (Phi) is 6.98. The largest absolute Gasteiger partial charge is 0.460 e. The predicted octanol–water partition coefficient (Wildman–Crippen LogP) is 6.32. The second-order valence-electron chi connectivity index (χ2n) is 7.59. The van der Waals surface area contributed by atoms with E-state index in [0.717, 1.165) is 51.1 Å². The molecule has 0 radical (unpaired) electrons. The van der Waals surface area contributed by atoms with Crippen LogP contribution in [-0.2, 0) is 12.6 Å². The van der Waals surface area contributed by atoms with Gasteiger partial charge in [0.15, 0.2) is 5.82 Å². The maximum atomic E-state index is 13.6. The number of hydrogen-bond donors (Lipinski definition) is 0. The minimum absolute atomic E-state index is 0.00272. The Balaban J connectivity index is 1.83. The molecule has 158 valence electrons. The lowest BCUT2D eigenvalue weighted by Crippen LogP contribution is -2.20. The molecule has 1 saturated carbocycles. The second kappa shape index (κ2) is 9.46. The van der Waals surface area contributed by atoms with E-state index in [9.17, 15) is 13.2 Å². The van der Waals surface area contributed by atoms with Crippen LogP contribution in [0.15, 0.2) is 30.5 Å². The minimum Gasteiger partial charge on any atom is -0.460 e. The number of alkyl halides is 3. The lowest BCUT2D eigenvalue weighted by molar-refractivity contribution is -0.137. The molecule has 0 spiro atoms. The Hall–Kier alpha value is -2.31. The Labute approximate surface area is 170 Å². The first-order valence-corrected chi connectivity index (χ1v) is 10.3. The maximum Gasteiger partial charge on any atom is 0.421 e. The fourth-order valence-corrected chi connectivity index (χ4v) is 3.61. The molecular weight excluding hydrogens is 379 g/mol. The first-order valence-electron chi connectivity index (χ1n) is 10.3. The highest BCUT2D eigenvalue weighted by molar-refractivity contribution is 5.63. The van der Waals surface area contributed by atoms with Crippen molar-refractivity contribution in [1.29, 1.82) is 0 Å². The zero-order valence-electron chi connectivity index (χ0n) is 17.0. The number of rotatable bonds is 8. The van der Waals surface area contributed by atoms with Crippen LogP contribution in [0.5, 0.6) is 6.01 Å². The van der Waals surface area contributed by atoms with E-state index >= 15 is 0 Å². The van der Waals surface area contributed by atoms with E-state index < -0.39 is 11.7 Å². The number of ether oxygens (including phenoxy) is 1. The average molecular weight is 407 g/mol. The fraction of sp³-hybridized carbons (Fsp3) is 0.545. The number of anilines is 2. The molecular formula is C22H28F3N3O. The SMILES string of the molecule is CCCCCc1ccc(N(C)c2nc(OC3CCCC3)ncc2C(F)(F)F)cc1. The first kappa shape index (κ1) is 21.4. The number of aromatic nitrogens is 2. The molecule has 2 aromatic rings. The van der Waals surface area contributed by atoms with Gasteiger partial charge in [0, 0.05) is 18.9 Å². The molecule has 1 aliphatic rings. The molecule has 4 nitrogen and oxygen atoms in total. The van der Waals surface area contributed by atoms with Crippen LogP contribution in [0.3, 0.4) is 0 Å². The molecule has 1 aromatic heterocycles. The van der Waals surface area contributed by atoms with Gasteiger partial charge in [0.25, 0.3) is 0 Å². The Bertz CT molecular complexity index is 787. The third kappa shape index (κ3) is 5.61. The summed E-state index contributed by atoms with van der Waals surface area (Å²) in [4.78, 5) is 9.40. The summed E-state index contributed by atoms with van der Waals surface area (Å²) >= 11 is 0. The van der Waals surface area contributed by atoms with Gasteiger partial charge in [-0.2, -0.15) is 18.2 Å². The van der Waals surface area contributed by atoms with Gasteiger partial charge in [0.05, 0.1) is 0 Å². The summed E-state index contributed by atoms with van der Waals surface area (Å²) < 4.78 is 46.4. The third-order valence-electron chi connectivity index (χ3n) is 5.34. The number of nitrogens with zero attached hydrogens (tertiary/aromatic N) is 3. The monoisotopic (exact) mass is 407 g/mol. The number of benzene rings is 1. The lowest BCUT2D eigenvalue weighted by atomic mass is 10.1. The molecule has 3 rings (SSSR count). The van der Waals surface area contributed by atoms with Crippen LogP contribution >= 0.6 is 0 Å². The summed E-state index contributed by atoms with van der Waals surface area (Å²) in [5, 5.41) is 0. The van der Waals surface area contributed by atoms with Crippen molar-refractivity contribution in [3.8, 4) is 6.01 Å². The van der Waals surface area contributed by atoms with E-state index in [-0.39, 0.29) is 17.9 Å². The fourth-order valence-electron chi connectivity index (χ4n) is 3.61. The van der Waals surface area contributed by atoms with E-state index in [1.807, 2.05) is 24.3 Å². The van der Waals surface area contributed by atoms with Crippen LogP contribution in [0.4, 0.5) is 24.7 Å². The molecule has 0 atom stereocenters. The molecule has 29 heavy (non-hydrogen) atoms. The molecule has 0 unspecified atom stereocenters. The zero-order chi connectivity index (χ0) is 20.9. The first-order chi connectivity index (χ1) is 13.9. The molecule has 0 saturated heterocycles. The number of hydrogen-bond acceptors (Lipinski definition) is 4. The van der Waals surface area contributed by atoms with Crippen LogP contribution in [0.2, 0.25) is 0 Å². The Morgan fingerprint density at radius 2 is 1.79 bits per heavy atom. The smallest absolute Gasteiger partial charge is 0.421 e. The molecule has 1 heterocycles. The van der Waals surface area contributed by atoms with E-state index in [1.165, 1.54) is 16.9 Å². The summed E-state index contributed by atoms with van der Waals surface area (Å²) in [6, 6.07) is 7.60. The summed E-state index contributed by atoms with van der Waals surface area (Å²) in [5.41, 5.74) is 0.950. The Morgan fingerprint density at radius 1 is 1.10 bits per heavy atom. The van der Waals surface area contributed by atoms with Gasteiger partial charge in [-0.05, 0) is 56.2 Å². The van der Waals surface area contributed by atoms with Gasteiger partial charge in [0.1, 0.15) is 11.7 Å². The van der Waals surface area contributed by atoms with Crippen LogP contribution in [0, 0.1) is 0 Å². The number of halogens is 3. The van der Waals surface area contributed by atoms with Gasteiger partial charge >= 0.3 is 12.2 Å². The minimum atomic E-state index is -4.55. The molecule has 0 bridgehead atoms. The molecule has 1 aliphatic carbocycles. The quantitative estimate of drug-likeness (QED) is 0.480. The van der Waals surface area contributed by atoms with Gasteiger partial charge < -0.3 is 9.64 Å². The Morgan fingerprint density at radius 3 is 2.41 bits per heavy atom. The molecule has 7 heteroatoms. The maximum absolute atomic E-state index is 13.6. The average Bonchev–Trinajstić information content (AvgIpc) is 3.20. The molecule has 1 fully saturated rings. The van der Waals surface area contributed by atoms with Crippen LogP contribution in [0.1, 0.15) is 63.0 Å². The van der Waals surface area contributed by atoms with E-state index in [0.29, 0.717) is 5.69 Å². The van der Waals surface area contributed by atoms with E-state index in [4.69, 9.17) is 4.74 Å². The van der Waals surface area contributed by atoms with Crippen molar-refractivity contribution in [1.82, 2.24) is 9.97 Å².